The maximum atomic E-state index is 11.8. The largest absolute Gasteiger partial charge is 0.495 e. The molecule has 0 saturated carbocycles. The highest BCUT2D eigenvalue weighted by Gasteiger charge is 2.37. The number of nitro benzene ring substituents is 1. The molecule has 12 nitrogen and oxygen atoms in total. The summed E-state index contributed by atoms with van der Waals surface area (Å²) < 4.78 is 28.4. The SMILES string of the molecule is COc1cc(-c2ncncn2)c(C(N)=O)c([N+](=O)[O-])c1S(N)(=O)=O. The number of ether oxygens (including phenoxy) is 1. The predicted octanol–water partition coefficient (Wildman–Crippen LogP) is -0.798. The summed E-state index contributed by atoms with van der Waals surface area (Å²) in [6.45, 7) is 0. The van der Waals surface area contributed by atoms with Gasteiger partial charge in [0.2, 0.25) is 14.9 Å². The lowest BCUT2D eigenvalue weighted by Gasteiger charge is -2.13. The van der Waals surface area contributed by atoms with Crippen molar-refractivity contribution < 1.29 is 22.9 Å². The number of amides is 1. The van der Waals surface area contributed by atoms with Gasteiger partial charge in [-0.2, -0.15) is 0 Å². The number of methoxy groups -OCH3 is 1. The summed E-state index contributed by atoms with van der Waals surface area (Å²) in [5, 5.41) is 16.4. The van der Waals surface area contributed by atoms with E-state index < -0.39 is 42.7 Å². The normalized spacial score (nSPS) is 11.1. The highest BCUT2D eigenvalue weighted by molar-refractivity contribution is 7.89. The van der Waals surface area contributed by atoms with Crippen molar-refractivity contribution in [3.8, 4) is 17.1 Å². The number of primary amides is 1. The van der Waals surface area contributed by atoms with Crippen LogP contribution in [-0.2, 0) is 10.0 Å². The van der Waals surface area contributed by atoms with Crippen LogP contribution in [0, 0.1) is 10.1 Å². The molecule has 1 heterocycles. The first kappa shape index (κ1) is 17.2. The Morgan fingerprint density at radius 2 is 1.92 bits per heavy atom. The van der Waals surface area contributed by atoms with Gasteiger partial charge in [0.25, 0.3) is 5.91 Å². The summed E-state index contributed by atoms with van der Waals surface area (Å²) >= 11 is 0. The number of hydrogen-bond donors (Lipinski definition) is 2. The van der Waals surface area contributed by atoms with E-state index in [1.165, 1.54) is 0 Å². The highest BCUT2D eigenvalue weighted by Crippen LogP contribution is 2.40. The zero-order chi connectivity index (χ0) is 18.1. The standard InChI is InChI=1S/C11H10N6O6S/c1-23-6-2-5(11-15-3-14-4-16-11)7(10(12)18)8(17(19)20)9(6)24(13,21)22/h2-4H,1H3,(H2,12,18)(H2,13,21,22). The molecule has 1 aromatic carbocycles. The molecular weight excluding hydrogens is 344 g/mol. The van der Waals surface area contributed by atoms with Crippen molar-refractivity contribution in [3.05, 3.63) is 34.4 Å². The van der Waals surface area contributed by atoms with Crippen LogP contribution in [0.15, 0.2) is 23.6 Å². The molecule has 0 spiro atoms. The second kappa shape index (κ2) is 6.13. The van der Waals surface area contributed by atoms with Crippen LogP contribution in [0.4, 0.5) is 5.69 Å². The van der Waals surface area contributed by atoms with Crippen molar-refractivity contribution >= 4 is 21.6 Å². The molecule has 2 rings (SSSR count). The minimum absolute atomic E-state index is 0.138. The van der Waals surface area contributed by atoms with E-state index in [4.69, 9.17) is 15.6 Å². The average Bonchev–Trinajstić information content (AvgIpc) is 2.52. The van der Waals surface area contributed by atoms with E-state index in [1.807, 2.05) is 0 Å². The summed E-state index contributed by atoms with van der Waals surface area (Å²) in [5.74, 6) is -1.85. The number of carbonyl (C=O) groups excluding carboxylic acids is 1. The van der Waals surface area contributed by atoms with Crippen molar-refractivity contribution in [1.82, 2.24) is 15.0 Å². The Balaban J connectivity index is 3.07. The van der Waals surface area contributed by atoms with E-state index in [2.05, 4.69) is 15.0 Å². The van der Waals surface area contributed by atoms with Gasteiger partial charge in [0, 0.05) is 5.56 Å². The van der Waals surface area contributed by atoms with Gasteiger partial charge in [-0.1, -0.05) is 0 Å². The van der Waals surface area contributed by atoms with Crippen LogP contribution in [-0.4, -0.2) is 41.3 Å². The minimum Gasteiger partial charge on any atom is -0.495 e. The number of rotatable bonds is 5. The maximum Gasteiger partial charge on any atom is 0.306 e. The average molecular weight is 354 g/mol. The van der Waals surface area contributed by atoms with Crippen LogP contribution in [0.1, 0.15) is 10.4 Å². The third-order valence-electron chi connectivity index (χ3n) is 2.89. The summed E-state index contributed by atoms with van der Waals surface area (Å²) in [7, 11) is -3.53. The van der Waals surface area contributed by atoms with Crippen LogP contribution in [0.2, 0.25) is 0 Å². The molecule has 2 aromatic rings. The Bertz CT molecular complexity index is 930. The lowest BCUT2D eigenvalue weighted by atomic mass is 10.0. The van der Waals surface area contributed by atoms with E-state index in [0.717, 1.165) is 25.8 Å². The lowest BCUT2D eigenvalue weighted by molar-refractivity contribution is -0.388. The number of nitrogens with zero attached hydrogens (tertiary/aromatic N) is 4. The third kappa shape index (κ3) is 2.97. The van der Waals surface area contributed by atoms with Crippen molar-refractivity contribution in [2.45, 2.75) is 4.90 Å². The zero-order valence-electron chi connectivity index (χ0n) is 12.0. The van der Waals surface area contributed by atoms with E-state index in [9.17, 15) is 23.3 Å². The molecule has 0 atom stereocenters. The van der Waals surface area contributed by atoms with Gasteiger partial charge in [-0.3, -0.25) is 14.9 Å². The fourth-order valence-corrected chi connectivity index (χ4v) is 2.90. The van der Waals surface area contributed by atoms with E-state index >= 15 is 0 Å². The number of primary sulfonamides is 1. The summed E-state index contributed by atoms with van der Waals surface area (Å²) in [4.78, 5) is 32.2. The quantitative estimate of drug-likeness (QED) is 0.510. The Kier molecular flexibility index (Phi) is 4.39. The van der Waals surface area contributed by atoms with Gasteiger partial charge in [0.15, 0.2) is 5.82 Å². The summed E-state index contributed by atoms with van der Waals surface area (Å²) in [5.41, 5.74) is 3.19. The number of sulfonamides is 1. The summed E-state index contributed by atoms with van der Waals surface area (Å²) in [6.07, 6.45) is 2.16. The van der Waals surface area contributed by atoms with Gasteiger partial charge in [-0.15, -0.1) is 0 Å². The molecule has 0 aliphatic carbocycles. The number of carbonyl (C=O) groups is 1. The second-order valence-corrected chi connectivity index (χ2v) is 5.81. The number of nitrogens with two attached hydrogens (primary N) is 2. The number of nitro groups is 1. The van der Waals surface area contributed by atoms with Crippen molar-refractivity contribution in [3.63, 3.8) is 0 Å². The maximum absolute atomic E-state index is 11.8. The van der Waals surface area contributed by atoms with E-state index in [-0.39, 0.29) is 11.4 Å². The Labute approximate surface area is 134 Å². The topological polar surface area (TPSA) is 194 Å². The number of benzene rings is 1. The molecule has 4 N–H and O–H groups in total. The Hall–Kier alpha value is -3.19. The molecule has 0 radical (unpaired) electrons. The van der Waals surface area contributed by atoms with Crippen LogP contribution in [0.5, 0.6) is 5.75 Å². The highest BCUT2D eigenvalue weighted by atomic mass is 32.2. The molecule has 0 bridgehead atoms. The first-order valence-electron chi connectivity index (χ1n) is 6.02. The smallest absolute Gasteiger partial charge is 0.306 e. The minimum atomic E-state index is -4.60. The van der Waals surface area contributed by atoms with Gasteiger partial charge in [0.1, 0.15) is 24.0 Å². The van der Waals surface area contributed by atoms with Crippen LogP contribution in [0.25, 0.3) is 11.4 Å². The number of hydrogen-bond acceptors (Lipinski definition) is 9. The molecule has 0 aliphatic heterocycles. The van der Waals surface area contributed by atoms with Crippen LogP contribution >= 0.6 is 0 Å². The lowest BCUT2D eigenvalue weighted by Crippen LogP contribution is -2.21. The fourth-order valence-electron chi connectivity index (χ4n) is 2.03. The van der Waals surface area contributed by atoms with Gasteiger partial charge in [-0.25, -0.2) is 28.5 Å². The molecule has 0 fully saturated rings. The van der Waals surface area contributed by atoms with Gasteiger partial charge in [-0.05, 0) is 6.07 Å². The first-order valence-corrected chi connectivity index (χ1v) is 7.57. The third-order valence-corrected chi connectivity index (χ3v) is 3.85. The fraction of sp³-hybridized carbons (Fsp3) is 0.0909. The van der Waals surface area contributed by atoms with Crippen LogP contribution in [0.3, 0.4) is 0 Å². The monoisotopic (exact) mass is 354 g/mol. The van der Waals surface area contributed by atoms with E-state index in [0.29, 0.717) is 0 Å². The first-order chi connectivity index (χ1) is 11.2. The molecule has 126 valence electrons. The second-order valence-electron chi connectivity index (χ2n) is 4.31. The molecule has 1 aromatic heterocycles. The predicted molar refractivity (Wildman–Crippen MR) is 78.4 cm³/mol. The molecular formula is C11H10N6O6S. The molecule has 0 saturated heterocycles. The Morgan fingerprint density at radius 3 is 2.33 bits per heavy atom. The van der Waals surface area contributed by atoms with Crippen molar-refractivity contribution in [1.29, 1.82) is 0 Å². The molecule has 1 amide bonds. The van der Waals surface area contributed by atoms with Crippen LogP contribution < -0.4 is 15.6 Å². The van der Waals surface area contributed by atoms with Gasteiger partial charge >= 0.3 is 5.69 Å². The molecule has 0 aliphatic rings. The van der Waals surface area contributed by atoms with Crippen molar-refractivity contribution in [2.24, 2.45) is 10.9 Å². The molecule has 0 unspecified atom stereocenters. The number of aromatic nitrogens is 3. The zero-order valence-corrected chi connectivity index (χ0v) is 12.8. The summed E-state index contributed by atoms with van der Waals surface area (Å²) in [6, 6.07) is 1.03. The van der Waals surface area contributed by atoms with Gasteiger partial charge < -0.3 is 10.5 Å². The van der Waals surface area contributed by atoms with Crippen molar-refractivity contribution in [2.75, 3.05) is 7.11 Å². The van der Waals surface area contributed by atoms with E-state index in [1.54, 1.807) is 0 Å². The van der Waals surface area contributed by atoms with Gasteiger partial charge in [0.05, 0.1) is 12.0 Å². The molecule has 24 heavy (non-hydrogen) atoms. The Morgan fingerprint density at radius 1 is 1.33 bits per heavy atom. The molecule has 13 heteroatoms.